The number of carbonyl (C=O) groups is 2. The summed E-state index contributed by atoms with van der Waals surface area (Å²) < 4.78 is 6.64. The fraction of sp³-hybridized carbons (Fsp3) is 0.296. The van der Waals surface area contributed by atoms with Crippen LogP contribution in [0.2, 0.25) is 0 Å². The van der Waals surface area contributed by atoms with Gasteiger partial charge in [-0.1, -0.05) is 49.4 Å². The highest BCUT2D eigenvalue weighted by atomic mass is 16.5. The maximum atomic E-state index is 13.9. The number of nitrogens with one attached hydrogen (secondary N) is 1. The van der Waals surface area contributed by atoms with Crippen molar-refractivity contribution in [1.82, 2.24) is 25.3 Å². The molecule has 4 rings (SSSR count). The molecule has 9 heteroatoms. The van der Waals surface area contributed by atoms with Crippen LogP contribution in [0.1, 0.15) is 36.9 Å². The Morgan fingerprint density at radius 1 is 1.03 bits per heavy atom. The average molecular weight is 487 g/mol. The number of fused-ring (bicyclic) bond motifs is 1. The normalized spacial score (nSPS) is 12.0. The minimum Gasteiger partial charge on any atom is -0.383 e. The fourth-order valence-electron chi connectivity index (χ4n) is 4.02. The first-order valence-electron chi connectivity index (χ1n) is 11.9. The summed E-state index contributed by atoms with van der Waals surface area (Å²) >= 11 is 0. The van der Waals surface area contributed by atoms with E-state index in [9.17, 15) is 9.59 Å². The van der Waals surface area contributed by atoms with E-state index in [1.807, 2.05) is 48.5 Å². The summed E-state index contributed by atoms with van der Waals surface area (Å²) in [5, 5.41) is 11.2. The van der Waals surface area contributed by atoms with E-state index in [-0.39, 0.29) is 18.4 Å². The second-order valence-electron chi connectivity index (χ2n) is 8.72. The largest absolute Gasteiger partial charge is 0.383 e. The Kier molecular flexibility index (Phi) is 8.02. The van der Waals surface area contributed by atoms with Gasteiger partial charge in [0.1, 0.15) is 18.1 Å². The zero-order valence-corrected chi connectivity index (χ0v) is 20.7. The molecule has 4 aromatic rings. The Bertz CT molecular complexity index is 1300. The van der Waals surface area contributed by atoms with E-state index in [1.165, 1.54) is 4.90 Å². The van der Waals surface area contributed by atoms with E-state index in [4.69, 9.17) is 4.74 Å². The molecule has 1 N–H and O–H groups in total. The van der Waals surface area contributed by atoms with Crippen LogP contribution in [0.15, 0.2) is 73.1 Å². The topological polar surface area (TPSA) is 102 Å². The number of para-hydroxylation sites is 1. The Hall–Kier alpha value is -4.11. The van der Waals surface area contributed by atoms with E-state index in [0.29, 0.717) is 35.8 Å². The number of carbonyl (C=O) groups excluding carboxylic acids is 2. The quantitative estimate of drug-likeness (QED) is 0.344. The Balaban J connectivity index is 1.76. The summed E-state index contributed by atoms with van der Waals surface area (Å²) in [5.41, 5.74) is 3.76. The molecule has 186 valence electrons. The molecule has 0 saturated heterocycles. The number of hydrogen-bond acceptors (Lipinski definition) is 6. The van der Waals surface area contributed by atoms with Crippen LogP contribution in [0.5, 0.6) is 0 Å². The number of benzene rings is 2. The number of hydrogen-bond donors (Lipinski definition) is 1. The van der Waals surface area contributed by atoms with Crippen molar-refractivity contribution in [3.63, 3.8) is 0 Å². The lowest BCUT2D eigenvalue weighted by Crippen LogP contribution is -2.46. The molecule has 2 aromatic heterocycles. The number of aromatic nitrogens is 4. The van der Waals surface area contributed by atoms with Gasteiger partial charge in [0, 0.05) is 37.3 Å². The predicted molar refractivity (Wildman–Crippen MR) is 137 cm³/mol. The Morgan fingerprint density at radius 3 is 2.50 bits per heavy atom. The van der Waals surface area contributed by atoms with E-state index in [2.05, 4.69) is 34.5 Å². The van der Waals surface area contributed by atoms with Gasteiger partial charge in [-0.2, -0.15) is 0 Å². The second-order valence-corrected chi connectivity index (χ2v) is 8.72. The number of methoxy groups -OCH3 is 1. The van der Waals surface area contributed by atoms with E-state index in [1.54, 1.807) is 36.3 Å². The van der Waals surface area contributed by atoms with Gasteiger partial charge in [-0.15, -0.1) is 5.10 Å². The summed E-state index contributed by atoms with van der Waals surface area (Å²) in [7, 11) is 1.57. The molecule has 0 saturated carbocycles. The molecule has 0 aliphatic carbocycles. The van der Waals surface area contributed by atoms with Crippen LogP contribution in [0.25, 0.3) is 11.0 Å². The zero-order chi connectivity index (χ0) is 25.5. The summed E-state index contributed by atoms with van der Waals surface area (Å²) in [6.45, 7) is 4.79. The third-order valence-electron chi connectivity index (χ3n) is 5.92. The average Bonchev–Trinajstić information content (AvgIpc) is 3.30. The van der Waals surface area contributed by atoms with Crippen LogP contribution < -0.4 is 10.2 Å². The molecular formula is C27H30N6O3. The zero-order valence-electron chi connectivity index (χ0n) is 20.7. The van der Waals surface area contributed by atoms with Gasteiger partial charge in [-0.3, -0.25) is 19.5 Å². The minimum absolute atomic E-state index is 0.0887. The highest BCUT2D eigenvalue weighted by Crippen LogP contribution is 2.30. The first kappa shape index (κ1) is 25.0. The fourth-order valence-corrected chi connectivity index (χ4v) is 4.02. The van der Waals surface area contributed by atoms with Gasteiger partial charge < -0.3 is 10.1 Å². The molecular weight excluding hydrogens is 456 g/mol. The van der Waals surface area contributed by atoms with Crippen molar-refractivity contribution in [2.75, 3.05) is 25.2 Å². The van der Waals surface area contributed by atoms with Crippen molar-refractivity contribution in [3.8, 4) is 0 Å². The van der Waals surface area contributed by atoms with Crippen molar-refractivity contribution >= 4 is 28.5 Å². The third kappa shape index (κ3) is 5.58. The van der Waals surface area contributed by atoms with Crippen LogP contribution in [0.3, 0.4) is 0 Å². The van der Waals surface area contributed by atoms with Gasteiger partial charge in [0.15, 0.2) is 0 Å². The molecule has 2 amide bonds. The monoisotopic (exact) mass is 486 g/mol. The lowest BCUT2D eigenvalue weighted by molar-refractivity contribution is -0.127. The maximum absolute atomic E-state index is 13.9. The molecule has 1 atom stereocenters. The number of rotatable bonds is 10. The van der Waals surface area contributed by atoms with Gasteiger partial charge in [0.25, 0.3) is 0 Å². The van der Waals surface area contributed by atoms with Gasteiger partial charge in [0.05, 0.1) is 12.1 Å². The predicted octanol–water partition coefficient (Wildman–Crippen LogP) is 3.49. The van der Waals surface area contributed by atoms with Crippen molar-refractivity contribution in [2.45, 2.75) is 32.4 Å². The van der Waals surface area contributed by atoms with Crippen LogP contribution in [-0.4, -0.2) is 52.1 Å². The molecule has 9 nitrogen and oxygen atoms in total. The third-order valence-corrected chi connectivity index (χ3v) is 5.92. The van der Waals surface area contributed by atoms with Crippen molar-refractivity contribution in [2.24, 2.45) is 0 Å². The minimum atomic E-state index is -0.942. The van der Waals surface area contributed by atoms with Gasteiger partial charge in [0.2, 0.25) is 11.8 Å². The lowest BCUT2D eigenvalue weighted by Gasteiger charge is -2.31. The highest BCUT2D eigenvalue weighted by molar-refractivity contribution is 6.01. The molecule has 0 aliphatic heterocycles. The highest BCUT2D eigenvalue weighted by Gasteiger charge is 2.33. The standard InChI is InChI=1S/C27H30N6O3/c1-19(2)20-10-12-22(13-11-20)33(25(34)18-32-24-9-5-4-8-23(24)30-31-32)26(21-7-6-14-28-17-21)27(35)29-15-16-36-3/h4-14,17,19,26H,15-16,18H2,1-3H3,(H,29,35)/t26-/m0/s1. The molecule has 0 aliphatic rings. The molecule has 2 aromatic carbocycles. The molecule has 0 bridgehead atoms. The Labute approximate surface area is 210 Å². The molecule has 0 spiro atoms. The van der Waals surface area contributed by atoms with Crippen molar-refractivity contribution < 1.29 is 14.3 Å². The molecule has 0 unspecified atom stereocenters. The number of nitrogens with zero attached hydrogens (tertiary/aromatic N) is 5. The van der Waals surface area contributed by atoms with E-state index in [0.717, 1.165) is 11.1 Å². The van der Waals surface area contributed by atoms with Crippen LogP contribution in [0.4, 0.5) is 5.69 Å². The van der Waals surface area contributed by atoms with Crippen molar-refractivity contribution in [3.05, 3.63) is 84.2 Å². The summed E-state index contributed by atoms with van der Waals surface area (Å²) in [6, 6.07) is 17.8. The first-order chi connectivity index (χ1) is 17.5. The summed E-state index contributed by atoms with van der Waals surface area (Å²) in [6.07, 6.45) is 3.24. The van der Waals surface area contributed by atoms with E-state index >= 15 is 0 Å². The second kappa shape index (κ2) is 11.5. The number of pyridine rings is 1. The Morgan fingerprint density at radius 2 is 1.81 bits per heavy atom. The SMILES string of the molecule is COCCNC(=O)[C@H](c1cccnc1)N(C(=O)Cn1nnc2ccccc21)c1ccc(C(C)C)cc1. The number of anilines is 1. The van der Waals surface area contributed by atoms with Crippen molar-refractivity contribution in [1.29, 1.82) is 0 Å². The lowest BCUT2D eigenvalue weighted by atomic mass is 10.0. The smallest absolute Gasteiger partial charge is 0.249 e. The maximum Gasteiger partial charge on any atom is 0.249 e. The molecule has 0 radical (unpaired) electrons. The number of amides is 2. The van der Waals surface area contributed by atoms with Gasteiger partial charge in [-0.05, 0) is 41.8 Å². The first-order valence-corrected chi connectivity index (χ1v) is 11.9. The van der Waals surface area contributed by atoms with Crippen LogP contribution in [0, 0.1) is 0 Å². The van der Waals surface area contributed by atoms with E-state index < -0.39 is 6.04 Å². The molecule has 0 fully saturated rings. The van der Waals surface area contributed by atoms with Crippen LogP contribution in [-0.2, 0) is 20.9 Å². The molecule has 36 heavy (non-hydrogen) atoms. The number of ether oxygens (including phenoxy) is 1. The van der Waals surface area contributed by atoms with Gasteiger partial charge >= 0.3 is 0 Å². The summed E-state index contributed by atoms with van der Waals surface area (Å²) in [4.78, 5) is 33.2. The summed E-state index contributed by atoms with van der Waals surface area (Å²) in [5.74, 6) is -0.306. The molecule has 2 heterocycles. The van der Waals surface area contributed by atoms with Gasteiger partial charge in [-0.25, -0.2) is 4.68 Å². The van der Waals surface area contributed by atoms with Crippen LogP contribution >= 0.6 is 0 Å².